The quantitative estimate of drug-likeness (QED) is 0.298. The molecule has 4 nitrogen and oxygen atoms in total. The highest BCUT2D eigenvalue weighted by Crippen LogP contribution is 2.73. The molecule has 0 aliphatic heterocycles. The molecular formula is C33H46N2O2S. The van der Waals surface area contributed by atoms with Crippen molar-refractivity contribution in [2.75, 3.05) is 0 Å². The molecule has 0 spiro atoms. The van der Waals surface area contributed by atoms with Crippen LogP contribution in [0, 0.1) is 51.4 Å². The maximum absolute atomic E-state index is 14.5. The van der Waals surface area contributed by atoms with Gasteiger partial charge in [-0.2, -0.15) is 0 Å². The number of hydrogen-bond acceptors (Lipinski definition) is 4. The lowest BCUT2D eigenvalue weighted by Crippen LogP contribution is -2.68. The predicted molar refractivity (Wildman–Crippen MR) is 154 cm³/mol. The third-order valence-corrected chi connectivity index (χ3v) is 14.1. The number of carbonyl (C=O) groups is 2. The van der Waals surface area contributed by atoms with Crippen LogP contribution in [0.15, 0.2) is 23.4 Å². The summed E-state index contributed by atoms with van der Waals surface area (Å²) in [5, 5.41) is 0.746. The predicted octanol–water partition coefficient (Wildman–Crippen LogP) is 7.71. The standard InChI is InChI=1S/C33H46N2O2S/c1-28(2)13-15-33(35-38-20-9-10-20)16-14-32(7)26(21(33)18-28)23(36)17-25-30(5)19-22(34-8)27(37)29(3,4)24(30)11-12-31(25,32)6/h17,19-21,24,26,35H,9-16,18H2,1-7H3/t21-,24-,26-,30-,31+,32+,33-/m0/s1. The second-order valence-corrected chi connectivity index (χ2v) is 16.9. The van der Waals surface area contributed by atoms with Gasteiger partial charge in [-0.3, -0.25) is 9.52 Å². The van der Waals surface area contributed by atoms with Crippen molar-refractivity contribution in [3.8, 4) is 0 Å². The first-order valence-corrected chi connectivity index (χ1v) is 15.9. The van der Waals surface area contributed by atoms with Gasteiger partial charge in [0, 0.05) is 27.5 Å². The Morgan fingerprint density at radius 2 is 1.63 bits per heavy atom. The summed E-state index contributed by atoms with van der Waals surface area (Å²) in [6.07, 6.45) is 14.2. The Morgan fingerprint density at radius 3 is 2.29 bits per heavy atom. The minimum atomic E-state index is -0.606. The monoisotopic (exact) mass is 534 g/mol. The SMILES string of the molecule is [C-]#[N+]C1=C[C@]2(C)C3=CC(=O)[C@@H]4[C@@H]5CC(C)(C)CC[C@]5(NSC5CC5)CC[C@@]4(C)[C@]3(C)CC[C@H]2C(C)(C)C1=O. The molecule has 0 saturated heterocycles. The fourth-order valence-corrected chi connectivity index (χ4v) is 11.3. The van der Waals surface area contributed by atoms with Crippen LogP contribution in [0.1, 0.15) is 106 Å². The van der Waals surface area contributed by atoms with Gasteiger partial charge in [-0.15, -0.1) is 0 Å². The second kappa shape index (κ2) is 8.10. The molecule has 38 heavy (non-hydrogen) atoms. The van der Waals surface area contributed by atoms with E-state index in [1.54, 1.807) is 0 Å². The van der Waals surface area contributed by atoms with Crippen LogP contribution in [0.5, 0.6) is 0 Å². The van der Waals surface area contributed by atoms with Crippen LogP contribution in [0.2, 0.25) is 0 Å². The van der Waals surface area contributed by atoms with Crippen LogP contribution in [-0.2, 0) is 9.59 Å². The van der Waals surface area contributed by atoms with Crippen LogP contribution < -0.4 is 4.72 Å². The molecule has 5 heteroatoms. The Bertz CT molecular complexity index is 1200. The lowest BCUT2D eigenvalue weighted by Gasteiger charge is -2.69. The first-order chi connectivity index (χ1) is 17.6. The van der Waals surface area contributed by atoms with Crippen molar-refractivity contribution in [2.45, 2.75) is 117 Å². The number of nitrogens with one attached hydrogen (secondary N) is 1. The molecule has 0 unspecified atom stereocenters. The average Bonchev–Trinajstić information content (AvgIpc) is 3.67. The van der Waals surface area contributed by atoms with Gasteiger partial charge < -0.3 is 4.79 Å². The molecule has 0 radical (unpaired) electrons. The van der Waals surface area contributed by atoms with Crippen molar-refractivity contribution in [3.05, 3.63) is 34.8 Å². The first kappa shape index (κ1) is 26.8. The summed E-state index contributed by atoms with van der Waals surface area (Å²) >= 11 is 1.96. The molecule has 0 aromatic rings. The van der Waals surface area contributed by atoms with Crippen LogP contribution in [0.25, 0.3) is 4.85 Å². The lowest BCUT2D eigenvalue weighted by molar-refractivity contribution is -0.159. The fourth-order valence-electron chi connectivity index (χ4n) is 10.2. The molecule has 6 aliphatic carbocycles. The zero-order valence-electron chi connectivity index (χ0n) is 24.5. The second-order valence-electron chi connectivity index (χ2n) is 15.8. The van der Waals surface area contributed by atoms with Crippen molar-refractivity contribution in [3.63, 3.8) is 0 Å². The minimum absolute atomic E-state index is 0.0135. The van der Waals surface area contributed by atoms with Crippen molar-refractivity contribution in [1.29, 1.82) is 0 Å². The molecule has 0 aromatic heterocycles. The van der Waals surface area contributed by atoms with Gasteiger partial charge in [0.25, 0.3) is 0 Å². The number of carbonyl (C=O) groups excluding carboxylic acids is 2. The number of nitrogens with zero attached hydrogens (tertiary/aromatic N) is 1. The van der Waals surface area contributed by atoms with E-state index in [0.717, 1.165) is 43.8 Å². The summed E-state index contributed by atoms with van der Waals surface area (Å²) in [6.45, 7) is 23.7. The van der Waals surface area contributed by atoms with E-state index in [2.05, 4.69) is 44.2 Å². The first-order valence-electron chi connectivity index (χ1n) is 15.0. The van der Waals surface area contributed by atoms with Gasteiger partial charge in [0.05, 0.1) is 6.57 Å². The van der Waals surface area contributed by atoms with Crippen LogP contribution in [0.3, 0.4) is 0 Å². The third-order valence-electron chi connectivity index (χ3n) is 12.8. The molecule has 0 bridgehead atoms. The minimum Gasteiger partial charge on any atom is -0.307 e. The summed E-state index contributed by atoms with van der Waals surface area (Å²) in [6, 6.07) is 0. The number of rotatable bonds is 3. The van der Waals surface area contributed by atoms with Gasteiger partial charge in [-0.25, -0.2) is 4.85 Å². The Hall–Kier alpha value is -1.38. The van der Waals surface area contributed by atoms with Gasteiger partial charge in [0.15, 0.2) is 11.6 Å². The molecule has 0 heterocycles. The molecule has 6 rings (SSSR count). The molecule has 206 valence electrons. The highest BCUT2D eigenvalue weighted by Gasteiger charge is 2.69. The van der Waals surface area contributed by atoms with Gasteiger partial charge in [-0.1, -0.05) is 72.1 Å². The van der Waals surface area contributed by atoms with Crippen molar-refractivity contribution in [2.24, 2.45) is 44.8 Å². The number of allylic oxidation sites excluding steroid dienone is 4. The topological polar surface area (TPSA) is 50.5 Å². The number of fused-ring (bicyclic) bond motifs is 7. The number of hydrogen-bond donors (Lipinski definition) is 1. The van der Waals surface area contributed by atoms with Crippen LogP contribution in [-0.4, -0.2) is 22.4 Å². The molecule has 4 saturated carbocycles. The summed E-state index contributed by atoms with van der Waals surface area (Å²) in [4.78, 5) is 31.5. The zero-order chi connectivity index (χ0) is 27.5. The summed E-state index contributed by atoms with van der Waals surface area (Å²) in [5.41, 5.74) is 0.434. The Morgan fingerprint density at radius 1 is 0.947 bits per heavy atom. The van der Waals surface area contributed by atoms with Crippen LogP contribution in [0.4, 0.5) is 0 Å². The summed E-state index contributed by atoms with van der Waals surface area (Å²) in [5.74, 6) is 0.728. The van der Waals surface area contributed by atoms with Gasteiger partial charge >= 0.3 is 0 Å². The van der Waals surface area contributed by atoms with Crippen LogP contribution >= 0.6 is 11.9 Å². The highest BCUT2D eigenvalue weighted by atomic mass is 32.2. The van der Waals surface area contributed by atoms with Crippen molar-refractivity contribution in [1.82, 2.24) is 4.72 Å². The molecular weight excluding hydrogens is 488 g/mol. The Labute approximate surface area is 234 Å². The normalized spacial score (nSPS) is 46.9. The smallest absolute Gasteiger partial charge is 0.226 e. The number of Topliss-reactive ketones (excluding diaryl/α,β-unsaturated/α-hetero) is 1. The molecule has 6 aliphatic rings. The van der Waals surface area contributed by atoms with Gasteiger partial charge in [0.2, 0.25) is 5.70 Å². The maximum Gasteiger partial charge on any atom is 0.226 e. The van der Waals surface area contributed by atoms with Crippen molar-refractivity contribution < 1.29 is 9.59 Å². The van der Waals surface area contributed by atoms with E-state index in [9.17, 15) is 9.59 Å². The van der Waals surface area contributed by atoms with E-state index < -0.39 is 10.8 Å². The zero-order valence-corrected chi connectivity index (χ0v) is 25.3. The third kappa shape index (κ3) is 3.44. The Balaban J connectivity index is 1.48. The van der Waals surface area contributed by atoms with E-state index in [4.69, 9.17) is 6.57 Å². The van der Waals surface area contributed by atoms with Gasteiger partial charge in [-0.05, 0) is 91.9 Å². The van der Waals surface area contributed by atoms with Crippen molar-refractivity contribution >= 4 is 23.5 Å². The van der Waals surface area contributed by atoms with E-state index in [1.807, 2.05) is 37.9 Å². The molecule has 4 fully saturated rings. The fraction of sp³-hybridized carbons (Fsp3) is 0.788. The Kier molecular flexibility index (Phi) is 5.71. The lowest BCUT2D eigenvalue weighted by atomic mass is 9.35. The molecule has 7 atom stereocenters. The molecule has 0 aromatic carbocycles. The van der Waals surface area contributed by atoms with E-state index >= 15 is 0 Å². The average molecular weight is 535 g/mol. The summed E-state index contributed by atoms with van der Waals surface area (Å²) < 4.78 is 4.04. The van der Waals surface area contributed by atoms with E-state index in [-0.39, 0.29) is 45.1 Å². The largest absolute Gasteiger partial charge is 0.307 e. The molecule has 0 amide bonds. The van der Waals surface area contributed by atoms with Gasteiger partial charge in [0.1, 0.15) is 0 Å². The van der Waals surface area contributed by atoms with E-state index in [1.165, 1.54) is 24.8 Å². The molecule has 1 N–H and O–H groups in total. The highest BCUT2D eigenvalue weighted by molar-refractivity contribution is 7.98. The number of ketones is 2. The van der Waals surface area contributed by atoms with E-state index in [0.29, 0.717) is 11.7 Å². The summed E-state index contributed by atoms with van der Waals surface area (Å²) in [7, 11) is 0. The maximum atomic E-state index is 14.5.